The van der Waals surface area contributed by atoms with Crippen molar-refractivity contribution in [2.24, 2.45) is 5.41 Å². The first-order valence-electron chi connectivity index (χ1n) is 10.1. The molecule has 0 unspecified atom stereocenters. The molecule has 0 bridgehead atoms. The molecule has 1 spiro atoms. The lowest BCUT2D eigenvalue weighted by Crippen LogP contribution is -2.54. The number of carbonyl (C=O) groups is 1. The second-order valence-corrected chi connectivity index (χ2v) is 8.16. The molecule has 1 aromatic rings. The van der Waals surface area contributed by atoms with Crippen LogP contribution in [-0.2, 0) is 22.4 Å². The van der Waals surface area contributed by atoms with Gasteiger partial charge in [0.1, 0.15) is 12.1 Å². The van der Waals surface area contributed by atoms with Gasteiger partial charge in [-0.15, -0.1) is 0 Å². The third kappa shape index (κ3) is 3.43. The van der Waals surface area contributed by atoms with Gasteiger partial charge in [0.2, 0.25) is 5.91 Å². The number of likely N-dealkylation sites (tertiary alicyclic amines) is 1. The summed E-state index contributed by atoms with van der Waals surface area (Å²) in [6.45, 7) is 4.51. The van der Waals surface area contributed by atoms with Gasteiger partial charge in [0, 0.05) is 63.0 Å². The van der Waals surface area contributed by atoms with E-state index >= 15 is 0 Å². The average molecular weight is 358 g/mol. The smallest absolute Gasteiger partial charge is 0.222 e. The first kappa shape index (κ1) is 17.7. The number of nitrogens with zero attached hydrogens (tertiary/aromatic N) is 4. The predicted molar refractivity (Wildman–Crippen MR) is 100 cm³/mol. The van der Waals surface area contributed by atoms with Crippen molar-refractivity contribution in [1.29, 1.82) is 0 Å². The van der Waals surface area contributed by atoms with Gasteiger partial charge in [-0.2, -0.15) is 0 Å². The minimum absolute atomic E-state index is 0.218. The van der Waals surface area contributed by atoms with Crippen LogP contribution < -0.4 is 4.90 Å². The molecule has 2 aliphatic heterocycles. The Hall–Kier alpha value is -1.69. The van der Waals surface area contributed by atoms with Crippen LogP contribution in [0.5, 0.6) is 0 Å². The van der Waals surface area contributed by atoms with Gasteiger partial charge in [0.05, 0.1) is 0 Å². The standard InChI is InChI=1S/C20H30N4O2/c1-26-12-4-11-23-13-20(9-7-18(23)25)8-3-10-24(14-20)19-16-5-2-6-17(16)21-15-22-19/h15H,2-14H2,1H3/t20-/m0/s1. The molecule has 0 N–H and O–H groups in total. The van der Waals surface area contributed by atoms with Crippen molar-refractivity contribution in [3.63, 3.8) is 0 Å². The number of carbonyl (C=O) groups excluding carboxylic acids is 1. The van der Waals surface area contributed by atoms with Gasteiger partial charge in [-0.1, -0.05) is 0 Å². The topological polar surface area (TPSA) is 58.6 Å². The Labute approximate surface area is 155 Å². The number of hydrogen-bond donors (Lipinski definition) is 0. The van der Waals surface area contributed by atoms with E-state index in [9.17, 15) is 4.79 Å². The lowest BCUT2D eigenvalue weighted by molar-refractivity contribution is -0.138. The molecule has 0 saturated carbocycles. The molecular weight excluding hydrogens is 328 g/mol. The largest absolute Gasteiger partial charge is 0.385 e. The molecule has 2 saturated heterocycles. The first-order valence-corrected chi connectivity index (χ1v) is 10.1. The van der Waals surface area contributed by atoms with Crippen LogP contribution >= 0.6 is 0 Å². The van der Waals surface area contributed by atoms with Crippen molar-refractivity contribution in [2.75, 3.05) is 44.8 Å². The van der Waals surface area contributed by atoms with Gasteiger partial charge in [-0.25, -0.2) is 9.97 Å². The number of aryl methyl sites for hydroxylation is 1. The highest BCUT2D eigenvalue weighted by Crippen LogP contribution is 2.41. The van der Waals surface area contributed by atoms with Crippen molar-refractivity contribution in [2.45, 2.75) is 51.4 Å². The predicted octanol–water partition coefficient (Wildman–Crippen LogP) is 2.21. The second-order valence-electron chi connectivity index (χ2n) is 8.16. The van der Waals surface area contributed by atoms with Crippen LogP contribution in [0, 0.1) is 5.41 Å². The van der Waals surface area contributed by atoms with Crippen LogP contribution in [0.25, 0.3) is 0 Å². The SMILES string of the molecule is COCCCN1C[C@]2(CCCN(c3ncnc4c3CCC4)C2)CCC1=O. The summed E-state index contributed by atoms with van der Waals surface area (Å²) in [6.07, 6.45) is 10.1. The second kappa shape index (κ2) is 7.51. The highest BCUT2D eigenvalue weighted by atomic mass is 16.5. The number of anilines is 1. The van der Waals surface area contributed by atoms with E-state index in [1.165, 1.54) is 30.5 Å². The van der Waals surface area contributed by atoms with E-state index in [1.807, 2.05) is 0 Å². The number of fused-ring (bicyclic) bond motifs is 1. The zero-order valence-corrected chi connectivity index (χ0v) is 15.9. The van der Waals surface area contributed by atoms with Crippen molar-refractivity contribution in [3.8, 4) is 0 Å². The monoisotopic (exact) mass is 358 g/mol. The average Bonchev–Trinajstić information content (AvgIpc) is 3.14. The molecular formula is C20H30N4O2. The number of aromatic nitrogens is 2. The van der Waals surface area contributed by atoms with E-state index in [1.54, 1.807) is 13.4 Å². The van der Waals surface area contributed by atoms with E-state index in [0.717, 1.165) is 64.3 Å². The molecule has 142 valence electrons. The summed E-state index contributed by atoms with van der Waals surface area (Å²) in [6, 6.07) is 0. The van der Waals surface area contributed by atoms with Crippen LogP contribution in [-0.4, -0.2) is 60.7 Å². The molecule has 26 heavy (non-hydrogen) atoms. The first-order chi connectivity index (χ1) is 12.7. The highest BCUT2D eigenvalue weighted by molar-refractivity contribution is 5.77. The minimum atomic E-state index is 0.218. The normalized spacial score (nSPS) is 25.8. The van der Waals surface area contributed by atoms with Crippen LogP contribution in [0.1, 0.15) is 49.8 Å². The zero-order valence-electron chi connectivity index (χ0n) is 15.9. The Bertz CT molecular complexity index is 665. The van der Waals surface area contributed by atoms with E-state index in [0.29, 0.717) is 12.3 Å². The summed E-state index contributed by atoms with van der Waals surface area (Å²) < 4.78 is 5.16. The van der Waals surface area contributed by atoms with Gasteiger partial charge >= 0.3 is 0 Å². The lowest BCUT2D eigenvalue weighted by Gasteiger charge is -2.48. The molecule has 3 heterocycles. The van der Waals surface area contributed by atoms with Gasteiger partial charge in [-0.05, 0) is 44.9 Å². The number of rotatable bonds is 5. The van der Waals surface area contributed by atoms with E-state index < -0.39 is 0 Å². The highest BCUT2D eigenvalue weighted by Gasteiger charge is 2.42. The number of amides is 1. The summed E-state index contributed by atoms with van der Waals surface area (Å²) in [5.74, 6) is 1.47. The lowest BCUT2D eigenvalue weighted by atomic mass is 9.73. The maximum absolute atomic E-state index is 12.4. The summed E-state index contributed by atoms with van der Waals surface area (Å²) in [4.78, 5) is 26.1. The number of hydrogen-bond acceptors (Lipinski definition) is 5. The van der Waals surface area contributed by atoms with Crippen molar-refractivity contribution in [3.05, 3.63) is 17.6 Å². The van der Waals surface area contributed by atoms with Crippen molar-refractivity contribution in [1.82, 2.24) is 14.9 Å². The van der Waals surface area contributed by atoms with Gasteiger partial charge < -0.3 is 14.5 Å². The minimum Gasteiger partial charge on any atom is -0.385 e. The molecule has 1 amide bonds. The Morgan fingerprint density at radius 3 is 2.96 bits per heavy atom. The number of piperidine rings is 2. The molecule has 2 fully saturated rings. The summed E-state index contributed by atoms with van der Waals surface area (Å²) in [5.41, 5.74) is 2.83. The quantitative estimate of drug-likeness (QED) is 0.756. The van der Waals surface area contributed by atoms with Crippen molar-refractivity contribution >= 4 is 11.7 Å². The molecule has 6 heteroatoms. The fourth-order valence-corrected chi connectivity index (χ4v) is 5.04. The maximum Gasteiger partial charge on any atom is 0.222 e. The summed E-state index contributed by atoms with van der Waals surface area (Å²) in [5, 5.41) is 0. The Morgan fingerprint density at radius 2 is 2.08 bits per heavy atom. The third-order valence-corrected chi connectivity index (χ3v) is 6.34. The zero-order chi connectivity index (χ0) is 18.0. The van der Waals surface area contributed by atoms with E-state index in [-0.39, 0.29) is 5.41 Å². The third-order valence-electron chi connectivity index (χ3n) is 6.34. The van der Waals surface area contributed by atoms with E-state index in [2.05, 4.69) is 19.8 Å². The molecule has 6 nitrogen and oxygen atoms in total. The van der Waals surface area contributed by atoms with Gasteiger partial charge in [0.15, 0.2) is 0 Å². The molecule has 1 atom stereocenters. The fraction of sp³-hybridized carbons (Fsp3) is 0.750. The molecule has 1 aromatic heterocycles. The Kier molecular flexibility index (Phi) is 5.11. The Balaban J connectivity index is 1.49. The summed E-state index contributed by atoms with van der Waals surface area (Å²) in [7, 11) is 1.72. The Morgan fingerprint density at radius 1 is 1.15 bits per heavy atom. The maximum atomic E-state index is 12.4. The molecule has 0 aromatic carbocycles. The van der Waals surface area contributed by atoms with Crippen LogP contribution in [0.4, 0.5) is 5.82 Å². The van der Waals surface area contributed by atoms with Crippen LogP contribution in [0.15, 0.2) is 6.33 Å². The number of ether oxygens (including phenoxy) is 1. The molecule has 4 rings (SSSR count). The van der Waals surface area contributed by atoms with Gasteiger partial charge in [-0.3, -0.25) is 4.79 Å². The molecule has 1 aliphatic carbocycles. The van der Waals surface area contributed by atoms with Crippen LogP contribution in [0.3, 0.4) is 0 Å². The van der Waals surface area contributed by atoms with Crippen LogP contribution in [0.2, 0.25) is 0 Å². The number of methoxy groups -OCH3 is 1. The van der Waals surface area contributed by atoms with Gasteiger partial charge in [0.25, 0.3) is 0 Å². The van der Waals surface area contributed by atoms with E-state index in [4.69, 9.17) is 4.74 Å². The fourth-order valence-electron chi connectivity index (χ4n) is 5.04. The summed E-state index contributed by atoms with van der Waals surface area (Å²) >= 11 is 0. The van der Waals surface area contributed by atoms with Crippen molar-refractivity contribution < 1.29 is 9.53 Å². The molecule has 3 aliphatic rings. The molecule has 0 radical (unpaired) electrons.